The molecule has 0 fully saturated rings. The van der Waals surface area contributed by atoms with Gasteiger partial charge in [0, 0.05) is 29.6 Å². The van der Waals surface area contributed by atoms with Crippen LogP contribution in [0.4, 0.5) is 11.4 Å². The first-order chi connectivity index (χ1) is 9.47. The number of phenolic OH excluding ortho intramolecular Hbond substituents is 1. The molecule has 1 aromatic heterocycles. The van der Waals surface area contributed by atoms with E-state index >= 15 is 0 Å². The number of aromatic nitrogens is 1. The van der Waals surface area contributed by atoms with Crippen molar-refractivity contribution in [1.82, 2.24) is 4.98 Å². The lowest BCUT2D eigenvalue weighted by Crippen LogP contribution is -2.12. The number of nitrogens with one attached hydrogen (secondary N) is 1. The molecule has 2 rings (SSSR count). The molecule has 0 aliphatic carbocycles. The summed E-state index contributed by atoms with van der Waals surface area (Å²) in [4.78, 5) is 26.0. The number of carbonyl (C=O) groups is 1. The number of aromatic hydroxyl groups is 1. The van der Waals surface area contributed by atoms with Gasteiger partial charge in [0.2, 0.25) is 0 Å². The molecule has 102 valence electrons. The van der Waals surface area contributed by atoms with Crippen molar-refractivity contribution < 1.29 is 14.8 Å². The molecule has 2 N–H and O–H groups in total. The van der Waals surface area contributed by atoms with Gasteiger partial charge in [-0.1, -0.05) is 0 Å². The van der Waals surface area contributed by atoms with Crippen LogP contribution in [0.2, 0.25) is 0 Å². The van der Waals surface area contributed by atoms with Gasteiger partial charge in [-0.15, -0.1) is 0 Å². The number of hydrogen-bond donors (Lipinski definition) is 2. The van der Waals surface area contributed by atoms with E-state index in [0.29, 0.717) is 11.3 Å². The van der Waals surface area contributed by atoms with Crippen LogP contribution in [0.5, 0.6) is 5.75 Å². The van der Waals surface area contributed by atoms with E-state index < -0.39 is 10.8 Å². The molecule has 7 heteroatoms. The lowest BCUT2D eigenvalue weighted by atomic mass is 10.2. The van der Waals surface area contributed by atoms with Crippen LogP contribution in [-0.4, -0.2) is 20.9 Å². The molecule has 0 saturated heterocycles. The highest BCUT2D eigenvalue weighted by atomic mass is 16.6. The summed E-state index contributed by atoms with van der Waals surface area (Å²) in [6.07, 6.45) is 1.48. The Morgan fingerprint density at radius 1 is 1.35 bits per heavy atom. The van der Waals surface area contributed by atoms with Gasteiger partial charge >= 0.3 is 0 Å². The van der Waals surface area contributed by atoms with Crippen LogP contribution >= 0.6 is 0 Å². The minimum Gasteiger partial charge on any atom is -0.506 e. The first kappa shape index (κ1) is 13.5. The molecule has 0 saturated carbocycles. The third-order valence-corrected chi connectivity index (χ3v) is 2.60. The predicted molar refractivity (Wildman–Crippen MR) is 71.7 cm³/mol. The summed E-state index contributed by atoms with van der Waals surface area (Å²) in [5, 5.41) is 22.7. The van der Waals surface area contributed by atoms with E-state index in [1.807, 2.05) is 0 Å². The smallest absolute Gasteiger partial charge is 0.271 e. The molecular weight excluding hydrogens is 262 g/mol. The number of carbonyl (C=O) groups excluding carboxylic acids is 1. The summed E-state index contributed by atoms with van der Waals surface area (Å²) in [6, 6.07) is 6.49. The highest BCUT2D eigenvalue weighted by Crippen LogP contribution is 2.28. The third kappa shape index (κ3) is 2.89. The maximum Gasteiger partial charge on any atom is 0.271 e. The fraction of sp³-hybridized carbons (Fsp3) is 0.0769. The minimum atomic E-state index is -0.605. The fourth-order valence-electron chi connectivity index (χ4n) is 1.62. The molecule has 0 radical (unpaired) electrons. The van der Waals surface area contributed by atoms with Gasteiger partial charge in [0.15, 0.2) is 0 Å². The van der Waals surface area contributed by atoms with E-state index in [-0.39, 0.29) is 17.1 Å². The lowest BCUT2D eigenvalue weighted by Gasteiger charge is -2.07. The van der Waals surface area contributed by atoms with Gasteiger partial charge in [0.05, 0.1) is 10.6 Å². The second-order valence-corrected chi connectivity index (χ2v) is 4.10. The summed E-state index contributed by atoms with van der Waals surface area (Å²) < 4.78 is 0. The zero-order valence-electron chi connectivity index (χ0n) is 10.5. The number of pyridine rings is 1. The third-order valence-electron chi connectivity index (χ3n) is 2.60. The number of nitro groups is 1. The van der Waals surface area contributed by atoms with Gasteiger partial charge in [-0.2, -0.15) is 0 Å². The van der Waals surface area contributed by atoms with Crippen LogP contribution in [0.15, 0.2) is 36.5 Å². The van der Waals surface area contributed by atoms with Gasteiger partial charge in [-0.3, -0.25) is 19.9 Å². The second kappa shape index (κ2) is 5.35. The molecular formula is C13H11N3O4. The topological polar surface area (TPSA) is 105 Å². The number of rotatable bonds is 3. The van der Waals surface area contributed by atoms with Crippen LogP contribution in [-0.2, 0) is 0 Å². The normalized spacial score (nSPS) is 10.1. The number of nitrogens with zero attached hydrogens (tertiary/aromatic N) is 2. The van der Waals surface area contributed by atoms with Crippen LogP contribution in [0.1, 0.15) is 16.1 Å². The average Bonchev–Trinajstić information content (AvgIpc) is 2.41. The fourth-order valence-corrected chi connectivity index (χ4v) is 1.62. The molecule has 0 atom stereocenters. The van der Waals surface area contributed by atoms with Gasteiger partial charge < -0.3 is 10.4 Å². The standard InChI is InChI=1S/C13H11N3O4/c1-8-6-9(4-5-14-8)13(18)15-11-7-10(16(19)20)2-3-12(11)17/h2-7,17H,1H3,(H,15,18). The second-order valence-electron chi connectivity index (χ2n) is 4.10. The number of nitro benzene ring substituents is 1. The van der Waals surface area contributed by atoms with Crippen LogP contribution in [0.25, 0.3) is 0 Å². The Hall–Kier alpha value is -2.96. The number of amides is 1. The first-order valence-corrected chi connectivity index (χ1v) is 5.69. The summed E-state index contributed by atoms with van der Waals surface area (Å²) in [7, 11) is 0. The van der Waals surface area contributed by atoms with Gasteiger partial charge in [0.1, 0.15) is 5.75 Å². The minimum absolute atomic E-state index is 0.0151. The van der Waals surface area contributed by atoms with Crippen LogP contribution < -0.4 is 5.32 Å². The van der Waals surface area contributed by atoms with Crippen molar-refractivity contribution in [2.45, 2.75) is 6.92 Å². The maximum atomic E-state index is 12.0. The predicted octanol–water partition coefficient (Wildman–Crippen LogP) is 2.26. The van der Waals surface area contributed by atoms with Gasteiger partial charge in [0.25, 0.3) is 11.6 Å². The molecule has 2 aromatic rings. The highest BCUT2D eigenvalue weighted by molar-refractivity contribution is 6.05. The van der Waals surface area contributed by atoms with E-state index in [4.69, 9.17) is 0 Å². The quantitative estimate of drug-likeness (QED) is 0.507. The number of phenols is 1. The van der Waals surface area contributed by atoms with Crippen LogP contribution in [0.3, 0.4) is 0 Å². The zero-order valence-corrected chi connectivity index (χ0v) is 10.5. The lowest BCUT2D eigenvalue weighted by molar-refractivity contribution is -0.384. The molecule has 0 spiro atoms. The Balaban J connectivity index is 2.27. The monoisotopic (exact) mass is 273 g/mol. The van der Waals surface area contributed by atoms with Gasteiger partial charge in [-0.05, 0) is 25.1 Å². The molecule has 1 heterocycles. The highest BCUT2D eigenvalue weighted by Gasteiger charge is 2.13. The average molecular weight is 273 g/mol. The van der Waals surface area contributed by atoms with Gasteiger partial charge in [-0.25, -0.2) is 0 Å². The van der Waals surface area contributed by atoms with Crippen molar-refractivity contribution in [3.8, 4) is 5.75 Å². The Morgan fingerprint density at radius 3 is 2.75 bits per heavy atom. The molecule has 0 aliphatic rings. The molecule has 20 heavy (non-hydrogen) atoms. The Bertz CT molecular complexity index is 685. The van der Waals surface area contributed by atoms with Crippen LogP contribution in [0, 0.1) is 17.0 Å². The van der Waals surface area contributed by atoms with Crippen molar-refractivity contribution in [3.05, 3.63) is 57.9 Å². The number of non-ortho nitro benzene ring substituents is 1. The number of benzene rings is 1. The molecule has 1 aromatic carbocycles. The summed E-state index contributed by atoms with van der Waals surface area (Å²) in [5.41, 5.74) is 0.784. The summed E-state index contributed by atoms with van der Waals surface area (Å²) in [5.74, 6) is -0.721. The van der Waals surface area contributed by atoms with E-state index in [9.17, 15) is 20.0 Å². The number of anilines is 1. The van der Waals surface area contributed by atoms with E-state index in [2.05, 4.69) is 10.3 Å². The maximum absolute atomic E-state index is 12.0. The Morgan fingerprint density at radius 2 is 2.10 bits per heavy atom. The van der Waals surface area contributed by atoms with E-state index in [1.165, 1.54) is 12.3 Å². The van der Waals surface area contributed by atoms with E-state index in [1.54, 1.807) is 13.0 Å². The number of aryl methyl sites for hydroxylation is 1. The molecule has 7 nitrogen and oxygen atoms in total. The summed E-state index contributed by atoms with van der Waals surface area (Å²) >= 11 is 0. The largest absolute Gasteiger partial charge is 0.506 e. The number of hydrogen-bond acceptors (Lipinski definition) is 5. The van der Waals surface area contributed by atoms with Crippen molar-refractivity contribution in [3.63, 3.8) is 0 Å². The SMILES string of the molecule is Cc1cc(C(=O)Nc2cc([N+](=O)[O-])ccc2O)ccn1. The molecule has 0 aliphatic heterocycles. The molecule has 1 amide bonds. The van der Waals surface area contributed by atoms with Crippen molar-refractivity contribution in [2.24, 2.45) is 0 Å². The summed E-state index contributed by atoms with van der Waals surface area (Å²) in [6.45, 7) is 1.74. The first-order valence-electron chi connectivity index (χ1n) is 5.69. The Kier molecular flexibility index (Phi) is 3.60. The van der Waals surface area contributed by atoms with Crippen molar-refractivity contribution in [1.29, 1.82) is 0 Å². The van der Waals surface area contributed by atoms with Crippen molar-refractivity contribution >= 4 is 17.3 Å². The van der Waals surface area contributed by atoms with Crippen molar-refractivity contribution in [2.75, 3.05) is 5.32 Å². The molecule has 0 bridgehead atoms. The zero-order chi connectivity index (χ0) is 14.7. The Labute approximate surface area is 114 Å². The molecule has 0 unspecified atom stereocenters. The van der Waals surface area contributed by atoms with E-state index in [0.717, 1.165) is 18.2 Å².